The predicted octanol–water partition coefficient (Wildman–Crippen LogP) is 2.36. The minimum absolute atomic E-state index is 0.145. The van der Waals surface area contributed by atoms with Crippen LogP contribution >= 0.6 is 11.3 Å². The molecule has 0 radical (unpaired) electrons. The lowest BCUT2D eigenvalue weighted by atomic mass is 9.98. The molecular weight excluding hydrogens is 184 g/mol. The number of carbonyl (C=O) groups is 1. The molecule has 0 N–H and O–H groups in total. The van der Waals surface area contributed by atoms with Crippen LogP contribution in [-0.2, 0) is 4.74 Å². The number of rotatable bonds is 2. The van der Waals surface area contributed by atoms with Crippen molar-refractivity contribution < 1.29 is 9.53 Å². The second-order valence-electron chi connectivity index (χ2n) is 3.43. The highest BCUT2D eigenvalue weighted by Gasteiger charge is 2.31. The summed E-state index contributed by atoms with van der Waals surface area (Å²) < 4.78 is 5.41. The summed E-state index contributed by atoms with van der Waals surface area (Å²) in [5.41, 5.74) is 0.795. The van der Waals surface area contributed by atoms with Gasteiger partial charge in [-0.2, -0.15) is 11.3 Å². The number of ether oxygens (including phenoxy) is 1. The molecule has 1 saturated heterocycles. The largest absolute Gasteiger partial charge is 0.370 e. The van der Waals surface area contributed by atoms with Gasteiger partial charge in [-0.05, 0) is 23.8 Å². The summed E-state index contributed by atoms with van der Waals surface area (Å²) in [7, 11) is 0. The van der Waals surface area contributed by atoms with E-state index in [0.717, 1.165) is 18.6 Å². The highest BCUT2D eigenvalue weighted by molar-refractivity contribution is 7.08. The summed E-state index contributed by atoms with van der Waals surface area (Å²) in [6.45, 7) is 2.80. The molecule has 2 rings (SSSR count). The maximum atomic E-state index is 11.8. The van der Waals surface area contributed by atoms with Crippen molar-refractivity contribution in [3.63, 3.8) is 0 Å². The zero-order chi connectivity index (χ0) is 9.26. The number of Topliss-reactive ketones (excluding diaryl/α,β-unsaturated/α-hetero) is 1. The molecule has 2 atom stereocenters. The van der Waals surface area contributed by atoms with Gasteiger partial charge in [0.1, 0.15) is 6.10 Å². The van der Waals surface area contributed by atoms with Crippen molar-refractivity contribution >= 4 is 17.1 Å². The molecule has 70 valence electrons. The van der Waals surface area contributed by atoms with Crippen LogP contribution in [0, 0.1) is 5.92 Å². The molecule has 13 heavy (non-hydrogen) atoms. The fourth-order valence-corrected chi connectivity index (χ4v) is 2.24. The fourth-order valence-electron chi connectivity index (χ4n) is 1.60. The maximum absolute atomic E-state index is 11.8. The van der Waals surface area contributed by atoms with Crippen molar-refractivity contribution in [3.8, 4) is 0 Å². The molecule has 0 aliphatic carbocycles. The number of thiophene rings is 1. The number of hydrogen-bond acceptors (Lipinski definition) is 3. The van der Waals surface area contributed by atoms with Crippen molar-refractivity contribution in [3.05, 3.63) is 22.4 Å². The monoisotopic (exact) mass is 196 g/mol. The Labute approximate surface area is 81.5 Å². The molecule has 1 aliphatic heterocycles. The van der Waals surface area contributed by atoms with Crippen LogP contribution in [0.3, 0.4) is 0 Å². The summed E-state index contributed by atoms with van der Waals surface area (Å²) in [4.78, 5) is 11.8. The Morgan fingerprint density at radius 1 is 1.69 bits per heavy atom. The summed E-state index contributed by atoms with van der Waals surface area (Å²) in [5.74, 6) is 0.513. The van der Waals surface area contributed by atoms with Crippen LogP contribution in [0.25, 0.3) is 0 Å². The maximum Gasteiger partial charge on any atom is 0.192 e. The van der Waals surface area contributed by atoms with Crippen LogP contribution in [-0.4, -0.2) is 18.5 Å². The molecule has 0 bridgehead atoms. The van der Waals surface area contributed by atoms with Gasteiger partial charge in [0.05, 0.1) is 0 Å². The molecule has 0 aromatic carbocycles. The molecule has 0 saturated carbocycles. The van der Waals surface area contributed by atoms with Crippen molar-refractivity contribution in [2.45, 2.75) is 19.4 Å². The van der Waals surface area contributed by atoms with E-state index in [1.54, 1.807) is 11.3 Å². The lowest BCUT2D eigenvalue weighted by molar-refractivity contribution is 0.0580. The molecule has 1 aromatic rings. The molecule has 0 amide bonds. The van der Waals surface area contributed by atoms with Gasteiger partial charge in [0.15, 0.2) is 5.78 Å². The van der Waals surface area contributed by atoms with Gasteiger partial charge in [-0.3, -0.25) is 4.79 Å². The van der Waals surface area contributed by atoms with E-state index in [1.165, 1.54) is 0 Å². The van der Waals surface area contributed by atoms with Crippen LogP contribution in [0.4, 0.5) is 0 Å². The Morgan fingerprint density at radius 3 is 3.08 bits per heavy atom. The van der Waals surface area contributed by atoms with Gasteiger partial charge in [0.25, 0.3) is 0 Å². The number of ketones is 1. The normalized spacial score (nSPS) is 27.8. The van der Waals surface area contributed by atoms with Gasteiger partial charge in [0, 0.05) is 17.6 Å². The van der Waals surface area contributed by atoms with E-state index in [1.807, 2.05) is 16.8 Å². The lowest BCUT2D eigenvalue weighted by Crippen LogP contribution is -2.24. The first kappa shape index (κ1) is 8.91. The number of hydrogen-bond donors (Lipinski definition) is 0. The van der Waals surface area contributed by atoms with Gasteiger partial charge in [0.2, 0.25) is 0 Å². The first-order valence-electron chi connectivity index (χ1n) is 4.47. The Hall–Kier alpha value is -0.670. The Morgan fingerprint density at radius 2 is 2.54 bits per heavy atom. The SMILES string of the molecule is CC1CCOC1C(=O)c1ccsc1. The van der Waals surface area contributed by atoms with E-state index >= 15 is 0 Å². The molecule has 3 heteroatoms. The molecule has 1 fully saturated rings. The van der Waals surface area contributed by atoms with E-state index in [2.05, 4.69) is 6.92 Å². The third kappa shape index (κ3) is 1.67. The molecule has 2 nitrogen and oxygen atoms in total. The van der Waals surface area contributed by atoms with Crippen LogP contribution < -0.4 is 0 Å². The van der Waals surface area contributed by atoms with Gasteiger partial charge >= 0.3 is 0 Å². The Balaban J connectivity index is 2.13. The van der Waals surface area contributed by atoms with Gasteiger partial charge in [-0.1, -0.05) is 6.92 Å². The third-order valence-electron chi connectivity index (χ3n) is 2.45. The minimum Gasteiger partial charge on any atom is -0.370 e. The first-order valence-corrected chi connectivity index (χ1v) is 5.41. The first-order chi connectivity index (χ1) is 6.29. The Bertz CT molecular complexity index is 292. The van der Waals surface area contributed by atoms with Crippen LogP contribution in [0.15, 0.2) is 16.8 Å². The van der Waals surface area contributed by atoms with Crippen molar-refractivity contribution in [2.24, 2.45) is 5.92 Å². The van der Waals surface area contributed by atoms with Crippen LogP contribution in [0.2, 0.25) is 0 Å². The van der Waals surface area contributed by atoms with E-state index in [-0.39, 0.29) is 11.9 Å². The zero-order valence-corrected chi connectivity index (χ0v) is 8.34. The predicted molar refractivity (Wildman–Crippen MR) is 52.2 cm³/mol. The highest BCUT2D eigenvalue weighted by Crippen LogP contribution is 2.24. The number of carbonyl (C=O) groups excluding carboxylic acids is 1. The molecular formula is C10H12O2S. The molecule has 2 unspecified atom stereocenters. The zero-order valence-electron chi connectivity index (χ0n) is 7.53. The smallest absolute Gasteiger partial charge is 0.192 e. The third-order valence-corrected chi connectivity index (χ3v) is 3.13. The summed E-state index contributed by atoms with van der Waals surface area (Å²) in [5, 5.41) is 3.81. The average Bonchev–Trinajstić information content (AvgIpc) is 2.72. The van der Waals surface area contributed by atoms with Gasteiger partial charge in [-0.15, -0.1) is 0 Å². The average molecular weight is 196 g/mol. The second kappa shape index (κ2) is 3.60. The van der Waals surface area contributed by atoms with Crippen molar-refractivity contribution in [1.82, 2.24) is 0 Å². The Kier molecular flexibility index (Phi) is 2.47. The standard InChI is InChI=1S/C10H12O2S/c1-7-2-4-12-10(7)9(11)8-3-5-13-6-8/h3,5-7,10H,2,4H2,1H3. The van der Waals surface area contributed by atoms with Crippen molar-refractivity contribution in [1.29, 1.82) is 0 Å². The molecule has 0 spiro atoms. The van der Waals surface area contributed by atoms with Gasteiger partial charge in [-0.25, -0.2) is 0 Å². The molecule has 1 aliphatic rings. The molecule has 1 aromatic heterocycles. The highest BCUT2D eigenvalue weighted by atomic mass is 32.1. The van der Waals surface area contributed by atoms with Crippen molar-refractivity contribution in [2.75, 3.05) is 6.61 Å². The van der Waals surface area contributed by atoms with E-state index in [4.69, 9.17) is 4.74 Å². The topological polar surface area (TPSA) is 26.3 Å². The summed E-state index contributed by atoms with van der Waals surface area (Å²) in [6.07, 6.45) is 0.801. The van der Waals surface area contributed by atoms with Gasteiger partial charge < -0.3 is 4.74 Å². The van der Waals surface area contributed by atoms with E-state index in [0.29, 0.717) is 5.92 Å². The quantitative estimate of drug-likeness (QED) is 0.679. The molecule has 2 heterocycles. The lowest BCUT2D eigenvalue weighted by Gasteiger charge is -2.11. The summed E-state index contributed by atoms with van der Waals surface area (Å²) in [6, 6.07) is 1.86. The second-order valence-corrected chi connectivity index (χ2v) is 4.21. The van der Waals surface area contributed by atoms with Crippen LogP contribution in [0.1, 0.15) is 23.7 Å². The van der Waals surface area contributed by atoms with E-state index < -0.39 is 0 Å². The van der Waals surface area contributed by atoms with Crippen LogP contribution in [0.5, 0.6) is 0 Å². The van der Waals surface area contributed by atoms with E-state index in [9.17, 15) is 4.79 Å². The summed E-state index contributed by atoms with van der Waals surface area (Å²) >= 11 is 1.55. The fraction of sp³-hybridized carbons (Fsp3) is 0.500. The minimum atomic E-state index is -0.199.